The smallest absolute Gasteiger partial charge is 0.294 e. The predicted octanol–water partition coefficient (Wildman–Crippen LogP) is 6.63. The van der Waals surface area contributed by atoms with Crippen LogP contribution in [0.15, 0.2) is 123 Å². The lowest BCUT2D eigenvalue weighted by atomic mass is 10.1. The second kappa shape index (κ2) is 14.2. The topological polar surface area (TPSA) is 123 Å². The van der Waals surface area contributed by atoms with Gasteiger partial charge in [0.25, 0.3) is 16.0 Å². The van der Waals surface area contributed by atoms with E-state index in [0.29, 0.717) is 17.9 Å². The summed E-state index contributed by atoms with van der Waals surface area (Å²) in [4.78, 5) is 14.5. The van der Waals surface area contributed by atoms with Crippen LogP contribution in [0.4, 0.5) is 28.4 Å². The van der Waals surface area contributed by atoms with Gasteiger partial charge < -0.3 is 15.1 Å². The molecular weight excluding hydrogens is 644 g/mol. The number of fused-ring (bicyclic) bond motifs is 3. The maximum absolute atomic E-state index is 12.2. The summed E-state index contributed by atoms with van der Waals surface area (Å²) in [6.07, 6.45) is 0. The summed E-state index contributed by atoms with van der Waals surface area (Å²) in [5.41, 5.74) is 3.96. The van der Waals surface area contributed by atoms with Crippen LogP contribution < -0.4 is 10.6 Å². The van der Waals surface area contributed by atoms with E-state index in [0.717, 1.165) is 65.3 Å². The highest BCUT2D eigenvalue weighted by atomic mass is 79.9. The average Bonchev–Trinajstić information content (AvgIpc) is 3.03. The predicted molar refractivity (Wildman–Crippen MR) is 176 cm³/mol. The van der Waals surface area contributed by atoms with Crippen LogP contribution in [0.25, 0.3) is 0 Å². The number of benzene rings is 4. The van der Waals surface area contributed by atoms with Crippen molar-refractivity contribution < 1.29 is 22.2 Å². The van der Waals surface area contributed by atoms with Gasteiger partial charge in [-0.2, -0.15) is 18.6 Å². The molecule has 3 saturated heterocycles. The number of halogens is 1. The quantitative estimate of drug-likeness (QED) is 0.109. The van der Waals surface area contributed by atoms with E-state index >= 15 is 0 Å². The number of rotatable bonds is 8. The summed E-state index contributed by atoms with van der Waals surface area (Å²) in [6, 6.07) is 30.5. The Hall–Kier alpha value is -3.94. The van der Waals surface area contributed by atoms with Crippen LogP contribution in [-0.2, 0) is 14.9 Å². The van der Waals surface area contributed by atoms with Crippen molar-refractivity contribution in [3.63, 3.8) is 0 Å². The molecule has 3 heterocycles. The van der Waals surface area contributed by atoms with Crippen molar-refractivity contribution in [2.45, 2.75) is 4.90 Å². The van der Waals surface area contributed by atoms with Gasteiger partial charge in [-0.05, 0) is 84.9 Å². The molecule has 4 aromatic rings. The standard InChI is InChI=1S/C18H15N3O3S.C14H18BrN3O/c22-25(23,24)18-12-10-17(11-13-18)21-20-16-8-6-15(7-9-16)19-14-4-2-1-3-5-14;15-12-1-3-13(4-2-12)16-14(19)11-18-8-5-17(6-9-18)7-10-18/h1-13,19H,(H,22,23,24);1-4H,5-11H2/p+1. The number of para-hydroxylation sites is 1. The number of amides is 1. The molecule has 3 aliphatic heterocycles. The van der Waals surface area contributed by atoms with E-state index in [2.05, 4.69) is 41.7 Å². The number of anilines is 3. The number of nitrogens with zero attached hydrogens (tertiary/aromatic N) is 4. The lowest BCUT2D eigenvalue weighted by Crippen LogP contribution is -2.68. The van der Waals surface area contributed by atoms with Gasteiger partial charge in [-0.15, -0.1) is 0 Å². The van der Waals surface area contributed by atoms with Crippen molar-refractivity contribution in [2.75, 3.05) is 56.4 Å². The zero-order chi connectivity index (χ0) is 31.0. The minimum atomic E-state index is -4.20. The van der Waals surface area contributed by atoms with Gasteiger partial charge in [0.2, 0.25) is 0 Å². The fourth-order valence-corrected chi connectivity index (χ4v) is 5.85. The average molecular weight is 679 g/mol. The van der Waals surface area contributed by atoms with Crippen molar-refractivity contribution in [1.82, 2.24) is 4.90 Å². The van der Waals surface area contributed by atoms with E-state index in [1.807, 2.05) is 78.9 Å². The van der Waals surface area contributed by atoms with Gasteiger partial charge in [0.1, 0.15) is 0 Å². The SMILES string of the molecule is O=C(C[N+]12CCN(CC1)CC2)Nc1ccc(Br)cc1.O=S(=O)(O)c1ccc(N=Nc2ccc(Nc3ccccc3)cc2)cc1. The molecule has 3 aliphatic rings. The monoisotopic (exact) mass is 677 g/mol. The van der Waals surface area contributed by atoms with Crippen LogP contribution >= 0.6 is 15.9 Å². The second-order valence-electron chi connectivity index (χ2n) is 10.8. The second-order valence-corrected chi connectivity index (χ2v) is 13.1. The largest absolute Gasteiger partial charge is 0.356 e. The summed E-state index contributed by atoms with van der Waals surface area (Å²) in [7, 11) is -4.20. The van der Waals surface area contributed by atoms with Crippen LogP contribution in [0.1, 0.15) is 0 Å². The Morgan fingerprint density at radius 2 is 1.25 bits per heavy atom. The van der Waals surface area contributed by atoms with Crippen LogP contribution in [-0.4, -0.2) is 74.1 Å². The molecule has 3 fully saturated rings. The Labute approximate surface area is 265 Å². The third-order valence-corrected chi connectivity index (χ3v) is 9.02. The highest BCUT2D eigenvalue weighted by molar-refractivity contribution is 9.10. The molecule has 0 aliphatic carbocycles. The summed E-state index contributed by atoms with van der Waals surface area (Å²) >= 11 is 3.40. The number of nitrogens with one attached hydrogen (secondary N) is 2. The van der Waals surface area contributed by atoms with E-state index in [9.17, 15) is 13.2 Å². The van der Waals surface area contributed by atoms with Crippen molar-refractivity contribution in [3.8, 4) is 0 Å². The highest BCUT2D eigenvalue weighted by Gasteiger charge is 2.39. The molecule has 0 spiro atoms. The number of quaternary nitrogens is 1. The Bertz CT molecular complexity index is 1660. The van der Waals surface area contributed by atoms with Gasteiger partial charge in [0.15, 0.2) is 6.54 Å². The van der Waals surface area contributed by atoms with Gasteiger partial charge in [0.05, 0.1) is 35.9 Å². The van der Waals surface area contributed by atoms with Gasteiger partial charge in [-0.1, -0.05) is 34.1 Å². The number of piperazine rings is 3. The van der Waals surface area contributed by atoms with Gasteiger partial charge in [-0.25, -0.2) is 0 Å². The van der Waals surface area contributed by atoms with E-state index < -0.39 is 10.1 Å². The summed E-state index contributed by atoms with van der Waals surface area (Å²) in [5.74, 6) is 0.137. The van der Waals surface area contributed by atoms with Gasteiger partial charge in [0, 0.05) is 41.2 Å². The number of azo groups is 1. The third-order valence-electron chi connectivity index (χ3n) is 7.62. The molecule has 0 radical (unpaired) electrons. The molecule has 7 rings (SSSR count). The first-order valence-corrected chi connectivity index (χ1v) is 16.4. The maximum Gasteiger partial charge on any atom is 0.294 e. The minimum Gasteiger partial charge on any atom is -0.356 e. The zero-order valence-electron chi connectivity index (χ0n) is 24.0. The normalized spacial score (nSPS) is 19.2. The molecule has 10 nitrogen and oxygen atoms in total. The molecule has 3 N–H and O–H groups in total. The summed E-state index contributed by atoms with van der Waals surface area (Å²) in [6.45, 7) is 7.40. The first-order valence-electron chi connectivity index (χ1n) is 14.2. The first kappa shape index (κ1) is 31.5. The van der Waals surface area contributed by atoms with E-state index in [4.69, 9.17) is 4.55 Å². The molecule has 0 atom stereocenters. The fraction of sp³-hybridized carbons (Fsp3) is 0.219. The van der Waals surface area contributed by atoms with E-state index in [1.165, 1.54) is 24.3 Å². The van der Waals surface area contributed by atoms with Gasteiger partial charge in [-0.3, -0.25) is 14.2 Å². The fourth-order valence-electron chi connectivity index (χ4n) is 5.11. The summed E-state index contributed by atoms with van der Waals surface area (Å²) < 4.78 is 32.9. The van der Waals surface area contributed by atoms with E-state index in [-0.39, 0.29) is 10.8 Å². The number of hydrogen-bond donors (Lipinski definition) is 3. The van der Waals surface area contributed by atoms with Crippen molar-refractivity contribution in [1.29, 1.82) is 0 Å². The lowest BCUT2D eigenvalue weighted by molar-refractivity contribution is -0.933. The van der Waals surface area contributed by atoms with Crippen molar-refractivity contribution in [3.05, 3.63) is 108 Å². The molecule has 0 unspecified atom stereocenters. The van der Waals surface area contributed by atoms with Crippen molar-refractivity contribution >= 4 is 60.4 Å². The molecule has 4 aromatic carbocycles. The summed E-state index contributed by atoms with van der Waals surface area (Å²) in [5, 5.41) is 14.4. The van der Waals surface area contributed by atoms with Crippen LogP contribution in [0, 0.1) is 0 Å². The van der Waals surface area contributed by atoms with Crippen molar-refractivity contribution in [2.24, 2.45) is 10.2 Å². The number of carbonyl (C=O) groups is 1. The third kappa shape index (κ3) is 9.04. The molecule has 44 heavy (non-hydrogen) atoms. The minimum absolute atomic E-state index is 0.137. The first-order chi connectivity index (χ1) is 21.2. The Balaban J connectivity index is 0.000000181. The zero-order valence-corrected chi connectivity index (χ0v) is 26.4. The number of carbonyl (C=O) groups excluding carboxylic acids is 1. The number of hydrogen-bond acceptors (Lipinski definition) is 7. The molecule has 0 aromatic heterocycles. The Morgan fingerprint density at radius 3 is 1.80 bits per heavy atom. The lowest BCUT2D eigenvalue weighted by Gasteiger charge is -2.50. The van der Waals surface area contributed by atoms with Crippen LogP contribution in [0.3, 0.4) is 0 Å². The Kier molecular flexibility index (Phi) is 10.2. The molecule has 1 amide bonds. The highest BCUT2D eigenvalue weighted by Crippen LogP contribution is 2.24. The molecule has 228 valence electrons. The molecular formula is C32H34BrN6O4S+. The van der Waals surface area contributed by atoms with Crippen LogP contribution in [0.5, 0.6) is 0 Å². The van der Waals surface area contributed by atoms with Crippen LogP contribution in [0.2, 0.25) is 0 Å². The Morgan fingerprint density at radius 1 is 0.750 bits per heavy atom. The molecule has 0 saturated carbocycles. The molecule has 2 bridgehead atoms. The maximum atomic E-state index is 12.2. The molecule has 12 heteroatoms. The van der Waals surface area contributed by atoms with Gasteiger partial charge >= 0.3 is 0 Å². The van der Waals surface area contributed by atoms with E-state index in [1.54, 1.807) is 0 Å².